The first-order valence-electron chi connectivity index (χ1n) is 9.42. The Labute approximate surface area is 159 Å². The molecule has 0 bridgehead atoms. The lowest BCUT2D eigenvalue weighted by Gasteiger charge is -2.07. The summed E-state index contributed by atoms with van der Waals surface area (Å²) >= 11 is 0. The van der Waals surface area contributed by atoms with Gasteiger partial charge in [-0.3, -0.25) is 9.35 Å². The first-order chi connectivity index (χ1) is 12.5. The van der Waals surface area contributed by atoms with Crippen LogP contribution in [0, 0.1) is 0 Å². The molecule has 0 aromatic heterocycles. The number of hydrogen-bond acceptors (Lipinski definition) is 7. The van der Waals surface area contributed by atoms with Gasteiger partial charge in [-0.25, -0.2) is 0 Å². The van der Waals surface area contributed by atoms with Crippen LogP contribution in [0.25, 0.3) is 0 Å². The second-order valence-corrected chi connectivity index (χ2v) is 9.28. The maximum Gasteiger partial charge on any atom is 0.305 e. The predicted octanol–water partition coefficient (Wildman–Crippen LogP) is 0.626. The van der Waals surface area contributed by atoms with Crippen LogP contribution >= 0.6 is 0 Å². The van der Waals surface area contributed by atoms with E-state index in [1.165, 1.54) is 12.5 Å². The van der Waals surface area contributed by atoms with Crippen LogP contribution in [0.2, 0.25) is 12.6 Å². The van der Waals surface area contributed by atoms with Gasteiger partial charge >= 0.3 is 5.97 Å². The number of carbonyl (C=O) groups is 1. The number of nitrogens with one attached hydrogen (secondary N) is 1. The topological polar surface area (TPSA) is 111 Å². The minimum atomic E-state index is -3.93. The fraction of sp³-hybridized carbons (Fsp3) is 0.938. The molecule has 8 nitrogen and oxygen atoms in total. The van der Waals surface area contributed by atoms with Crippen molar-refractivity contribution in [1.82, 2.24) is 5.32 Å². The third kappa shape index (κ3) is 21.5. The van der Waals surface area contributed by atoms with Crippen molar-refractivity contribution < 1.29 is 32.0 Å². The van der Waals surface area contributed by atoms with Crippen molar-refractivity contribution in [2.45, 2.75) is 44.7 Å². The molecule has 0 saturated heterocycles. The molecule has 0 fully saturated rings. The second-order valence-electron chi connectivity index (χ2n) is 6.00. The first-order valence-corrected chi connectivity index (χ1v) is 13.4. The first kappa shape index (κ1) is 25.5. The second kappa shape index (κ2) is 17.9. The maximum absolute atomic E-state index is 11.4. The summed E-state index contributed by atoms with van der Waals surface area (Å²) in [5.41, 5.74) is 0. The zero-order chi connectivity index (χ0) is 19.5. The Bertz CT molecular complexity index is 434. The summed E-state index contributed by atoms with van der Waals surface area (Å²) in [7, 11) is -3.74. The molecule has 0 radical (unpaired) electrons. The van der Waals surface area contributed by atoms with E-state index in [-0.39, 0.29) is 40.7 Å². The summed E-state index contributed by atoms with van der Waals surface area (Å²) in [4.78, 5) is 11.4. The Balaban J connectivity index is 3.21. The van der Waals surface area contributed by atoms with Crippen LogP contribution in [-0.2, 0) is 29.1 Å². The molecular weight excluding hydrogens is 378 g/mol. The van der Waals surface area contributed by atoms with Crippen molar-refractivity contribution in [3.8, 4) is 0 Å². The largest absolute Gasteiger partial charge is 0.466 e. The molecule has 0 amide bonds. The third-order valence-corrected chi connectivity index (χ3v) is 5.49. The van der Waals surface area contributed by atoms with E-state index in [1.54, 1.807) is 0 Å². The smallest absolute Gasteiger partial charge is 0.305 e. The van der Waals surface area contributed by atoms with Gasteiger partial charge < -0.3 is 19.5 Å². The van der Waals surface area contributed by atoms with E-state index in [4.69, 9.17) is 18.8 Å². The van der Waals surface area contributed by atoms with E-state index >= 15 is 0 Å². The summed E-state index contributed by atoms with van der Waals surface area (Å²) in [5.74, 6) is -0.634. The molecule has 0 unspecified atom stereocenters. The minimum absolute atomic E-state index is 0.164. The zero-order valence-electron chi connectivity index (χ0n) is 15.9. The van der Waals surface area contributed by atoms with Gasteiger partial charge in [0.1, 0.15) is 0 Å². The highest BCUT2D eigenvalue weighted by molar-refractivity contribution is 7.85. The molecule has 10 heteroatoms. The molecule has 0 saturated carbocycles. The number of hydrogen-bond donors (Lipinski definition) is 2. The minimum Gasteiger partial charge on any atom is -0.466 e. The summed E-state index contributed by atoms with van der Waals surface area (Å²) in [5, 5.41) is 3.34. The lowest BCUT2D eigenvalue weighted by atomic mass is 10.3. The van der Waals surface area contributed by atoms with E-state index in [0.29, 0.717) is 39.3 Å². The fourth-order valence-corrected chi connectivity index (χ4v) is 3.37. The van der Waals surface area contributed by atoms with Crippen molar-refractivity contribution in [2.75, 3.05) is 51.9 Å². The van der Waals surface area contributed by atoms with Crippen LogP contribution in [0.1, 0.15) is 32.1 Å². The Morgan fingerprint density at radius 2 is 1.69 bits per heavy atom. The third-order valence-electron chi connectivity index (χ3n) is 3.48. The molecule has 0 aliphatic rings. The van der Waals surface area contributed by atoms with Crippen molar-refractivity contribution in [2.24, 2.45) is 0 Å². The number of esters is 1. The predicted molar refractivity (Wildman–Crippen MR) is 104 cm³/mol. The summed E-state index contributed by atoms with van der Waals surface area (Å²) in [6, 6.07) is 1.39. The number of rotatable bonds is 19. The normalized spacial score (nSPS) is 12.1. The number of unbranched alkanes of at least 4 members (excludes halogenated alkanes) is 1. The SMILES string of the molecule is C[SiH2]CCCNCCOCCOCCCC(=O)OCCCCS(=O)(=O)O. The average Bonchev–Trinajstić information content (AvgIpc) is 2.57. The standard InChI is InChI=1S/C16H35NO7SSi/c1-26-15-5-7-17-8-11-23-13-12-22-9-4-6-16(18)24-10-2-3-14-25(19,20)21/h17H,2-15,26H2,1H3,(H,19,20,21). The molecule has 0 atom stereocenters. The van der Waals surface area contributed by atoms with Gasteiger partial charge in [0.25, 0.3) is 10.1 Å². The van der Waals surface area contributed by atoms with E-state index in [1.807, 2.05) is 0 Å². The molecule has 0 rings (SSSR count). The Morgan fingerprint density at radius 1 is 0.962 bits per heavy atom. The molecule has 156 valence electrons. The van der Waals surface area contributed by atoms with Crippen LogP contribution in [0.4, 0.5) is 0 Å². The van der Waals surface area contributed by atoms with Gasteiger partial charge in [0.05, 0.1) is 32.2 Å². The average molecular weight is 414 g/mol. The van der Waals surface area contributed by atoms with Crippen molar-refractivity contribution in [3.63, 3.8) is 0 Å². The fourth-order valence-electron chi connectivity index (χ4n) is 2.05. The van der Waals surface area contributed by atoms with Crippen LogP contribution in [0.3, 0.4) is 0 Å². The molecule has 0 aliphatic heterocycles. The quantitative estimate of drug-likeness (QED) is 0.137. The highest BCUT2D eigenvalue weighted by Crippen LogP contribution is 1.98. The lowest BCUT2D eigenvalue weighted by Crippen LogP contribution is -2.21. The van der Waals surface area contributed by atoms with E-state index in [0.717, 1.165) is 13.1 Å². The summed E-state index contributed by atoms with van der Waals surface area (Å²) in [6.45, 7) is 6.62. The summed E-state index contributed by atoms with van der Waals surface area (Å²) < 4.78 is 45.3. The molecule has 0 aromatic rings. The highest BCUT2D eigenvalue weighted by atomic mass is 32.2. The van der Waals surface area contributed by atoms with Gasteiger partial charge in [-0.15, -0.1) is 0 Å². The van der Waals surface area contributed by atoms with E-state index < -0.39 is 10.1 Å². The van der Waals surface area contributed by atoms with Gasteiger partial charge in [-0.2, -0.15) is 8.42 Å². The van der Waals surface area contributed by atoms with Gasteiger partial charge in [0.15, 0.2) is 0 Å². The molecule has 0 aromatic carbocycles. The van der Waals surface area contributed by atoms with Gasteiger partial charge in [0.2, 0.25) is 0 Å². The summed E-state index contributed by atoms with van der Waals surface area (Å²) in [6.07, 6.45) is 2.79. The van der Waals surface area contributed by atoms with Crippen LogP contribution in [-0.4, -0.2) is 80.3 Å². The molecule has 26 heavy (non-hydrogen) atoms. The zero-order valence-corrected chi connectivity index (χ0v) is 18.1. The van der Waals surface area contributed by atoms with E-state index in [2.05, 4.69) is 11.9 Å². The van der Waals surface area contributed by atoms with Crippen molar-refractivity contribution in [3.05, 3.63) is 0 Å². The Hall–Kier alpha value is -0.523. The van der Waals surface area contributed by atoms with Gasteiger partial charge in [-0.1, -0.05) is 12.6 Å². The molecular formula is C16H35NO7SSi. The number of ether oxygens (including phenoxy) is 3. The number of carbonyl (C=O) groups excluding carboxylic acids is 1. The maximum atomic E-state index is 11.4. The van der Waals surface area contributed by atoms with Crippen molar-refractivity contribution >= 4 is 25.6 Å². The Morgan fingerprint density at radius 3 is 2.38 bits per heavy atom. The monoisotopic (exact) mass is 413 g/mol. The Kier molecular flexibility index (Phi) is 17.5. The van der Waals surface area contributed by atoms with Gasteiger partial charge in [0, 0.05) is 29.1 Å². The van der Waals surface area contributed by atoms with Crippen LogP contribution < -0.4 is 5.32 Å². The lowest BCUT2D eigenvalue weighted by molar-refractivity contribution is -0.144. The highest BCUT2D eigenvalue weighted by Gasteiger charge is 2.05. The van der Waals surface area contributed by atoms with Crippen LogP contribution in [0.15, 0.2) is 0 Å². The molecule has 0 aliphatic carbocycles. The van der Waals surface area contributed by atoms with Crippen molar-refractivity contribution in [1.29, 1.82) is 0 Å². The van der Waals surface area contributed by atoms with Gasteiger partial charge in [-0.05, 0) is 32.2 Å². The van der Waals surface area contributed by atoms with E-state index in [9.17, 15) is 13.2 Å². The molecule has 0 heterocycles. The molecule has 0 spiro atoms. The molecule has 2 N–H and O–H groups in total. The van der Waals surface area contributed by atoms with Crippen LogP contribution in [0.5, 0.6) is 0 Å².